The topological polar surface area (TPSA) is 60.8 Å². The fraction of sp³-hybridized carbons (Fsp3) is 0.364. The van der Waals surface area contributed by atoms with Crippen LogP contribution in [0.25, 0.3) is 10.9 Å². The van der Waals surface area contributed by atoms with Crippen LogP contribution in [0.2, 0.25) is 0 Å². The van der Waals surface area contributed by atoms with Crippen molar-refractivity contribution in [3.05, 3.63) is 53.2 Å². The molecule has 0 saturated heterocycles. The average molecular weight is 415 g/mol. The molecule has 0 radical (unpaired) electrons. The number of fused-ring (bicyclic) bond motifs is 3. The number of aromatic nitrogens is 1. The van der Waals surface area contributed by atoms with Crippen molar-refractivity contribution >= 4 is 20.9 Å². The van der Waals surface area contributed by atoms with Gasteiger partial charge < -0.3 is 14.4 Å². The SMILES string of the molecule is COc1ccc(OC)c(S(=O)(=O)n2c3c(c4cc(C)ccc42)CN(C)CCC3)c1. The van der Waals surface area contributed by atoms with E-state index >= 15 is 0 Å². The second kappa shape index (κ2) is 7.39. The lowest BCUT2D eigenvalue weighted by Gasteiger charge is -2.15. The summed E-state index contributed by atoms with van der Waals surface area (Å²) in [4.78, 5) is 2.36. The van der Waals surface area contributed by atoms with Crippen molar-refractivity contribution in [3.8, 4) is 11.5 Å². The van der Waals surface area contributed by atoms with Gasteiger partial charge >= 0.3 is 0 Å². The molecule has 154 valence electrons. The Morgan fingerprint density at radius 3 is 2.55 bits per heavy atom. The van der Waals surface area contributed by atoms with E-state index in [-0.39, 0.29) is 4.90 Å². The molecular weight excluding hydrogens is 388 g/mol. The smallest absolute Gasteiger partial charge is 0.272 e. The van der Waals surface area contributed by atoms with Gasteiger partial charge in [0.05, 0.1) is 19.7 Å². The third kappa shape index (κ3) is 3.28. The minimum Gasteiger partial charge on any atom is -0.497 e. The molecule has 0 bridgehead atoms. The molecule has 0 fully saturated rings. The van der Waals surface area contributed by atoms with Crippen LogP contribution in [0.5, 0.6) is 11.5 Å². The summed E-state index contributed by atoms with van der Waals surface area (Å²) in [6.07, 6.45) is 1.61. The second-order valence-corrected chi connectivity index (χ2v) is 9.33. The highest BCUT2D eigenvalue weighted by Gasteiger charge is 2.30. The van der Waals surface area contributed by atoms with E-state index in [1.54, 1.807) is 12.1 Å². The van der Waals surface area contributed by atoms with Crippen LogP contribution in [0.4, 0.5) is 0 Å². The first-order valence-corrected chi connectivity index (χ1v) is 11.1. The highest BCUT2D eigenvalue weighted by Crippen LogP contribution is 2.37. The van der Waals surface area contributed by atoms with Crippen molar-refractivity contribution in [2.75, 3.05) is 27.8 Å². The fourth-order valence-electron chi connectivity index (χ4n) is 4.14. The number of ether oxygens (including phenoxy) is 2. The van der Waals surface area contributed by atoms with Crippen molar-refractivity contribution in [3.63, 3.8) is 0 Å². The van der Waals surface area contributed by atoms with Gasteiger partial charge in [-0.1, -0.05) is 11.6 Å². The van der Waals surface area contributed by atoms with Crippen molar-refractivity contribution < 1.29 is 17.9 Å². The van der Waals surface area contributed by atoms with Gasteiger partial charge in [-0.25, -0.2) is 12.4 Å². The van der Waals surface area contributed by atoms with Crippen LogP contribution in [-0.2, 0) is 23.0 Å². The number of rotatable bonds is 4. The van der Waals surface area contributed by atoms with Crippen LogP contribution in [0.1, 0.15) is 23.2 Å². The summed E-state index contributed by atoms with van der Waals surface area (Å²) in [5.74, 6) is 0.779. The quantitative estimate of drug-likeness (QED) is 0.653. The summed E-state index contributed by atoms with van der Waals surface area (Å²) in [5, 5.41) is 0.999. The third-order valence-corrected chi connectivity index (χ3v) is 7.33. The van der Waals surface area contributed by atoms with Gasteiger partial charge in [0.25, 0.3) is 10.0 Å². The molecule has 0 spiro atoms. The van der Waals surface area contributed by atoms with E-state index in [1.807, 2.05) is 19.1 Å². The van der Waals surface area contributed by atoms with Gasteiger partial charge in [0.1, 0.15) is 16.4 Å². The molecule has 7 heteroatoms. The molecule has 1 aromatic heterocycles. The van der Waals surface area contributed by atoms with Crippen molar-refractivity contribution in [1.82, 2.24) is 8.87 Å². The number of hydrogen-bond acceptors (Lipinski definition) is 5. The minimum atomic E-state index is -3.89. The first-order valence-electron chi connectivity index (χ1n) is 9.65. The molecule has 1 aliphatic heterocycles. The van der Waals surface area contributed by atoms with Gasteiger partial charge in [0, 0.05) is 23.7 Å². The molecule has 6 nitrogen and oxygen atoms in total. The molecule has 4 rings (SSSR count). The summed E-state index contributed by atoms with van der Waals surface area (Å²) < 4.78 is 40.0. The van der Waals surface area contributed by atoms with Gasteiger partial charge in [0.2, 0.25) is 0 Å². The lowest BCUT2D eigenvalue weighted by Crippen LogP contribution is -2.17. The van der Waals surface area contributed by atoms with E-state index in [1.165, 1.54) is 24.3 Å². The van der Waals surface area contributed by atoms with Gasteiger partial charge in [-0.3, -0.25) is 0 Å². The first kappa shape index (κ1) is 19.8. The molecule has 2 heterocycles. The Balaban J connectivity index is 2.05. The predicted molar refractivity (Wildman–Crippen MR) is 113 cm³/mol. The first-order chi connectivity index (χ1) is 13.9. The summed E-state index contributed by atoms with van der Waals surface area (Å²) in [6, 6.07) is 10.8. The number of aryl methyl sites for hydroxylation is 1. The molecule has 0 unspecified atom stereocenters. The predicted octanol–water partition coefficient (Wildman–Crippen LogP) is 3.58. The van der Waals surface area contributed by atoms with E-state index in [4.69, 9.17) is 9.47 Å². The second-order valence-electron chi connectivity index (χ2n) is 7.57. The Morgan fingerprint density at radius 1 is 1.03 bits per heavy atom. The number of benzene rings is 2. The molecule has 0 aliphatic carbocycles. The van der Waals surface area contributed by atoms with E-state index in [0.29, 0.717) is 23.4 Å². The zero-order chi connectivity index (χ0) is 20.8. The number of hydrogen-bond donors (Lipinski definition) is 0. The van der Waals surface area contributed by atoms with E-state index < -0.39 is 10.0 Å². The molecule has 0 saturated carbocycles. The average Bonchev–Trinajstić information content (AvgIpc) is 2.87. The molecule has 0 N–H and O–H groups in total. The Labute approximate surface area is 171 Å². The van der Waals surface area contributed by atoms with Gasteiger partial charge in [-0.05, 0) is 63.2 Å². The third-order valence-electron chi connectivity index (χ3n) is 5.56. The van der Waals surface area contributed by atoms with Crippen LogP contribution in [-0.4, -0.2) is 45.1 Å². The molecule has 1 aliphatic rings. The van der Waals surface area contributed by atoms with E-state index in [2.05, 4.69) is 18.0 Å². The summed E-state index contributed by atoms with van der Waals surface area (Å²) >= 11 is 0. The highest BCUT2D eigenvalue weighted by molar-refractivity contribution is 7.90. The maximum Gasteiger partial charge on any atom is 0.272 e. The Kier molecular flexibility index (Phi) is 5.04. The van der Waals surface area contributed by atoms with Crippen molar-refractivity contribution in [2.24, 2.45) is 0 Å². The summed E-state index contributed by atoms with van der Waals surface area (Å²) in [5.41, 5.74) is 3.77. The van der Waals surface area contributed by atoms with Crippen LogP contribution in [0, 0.1) is 6.92 Å². The van der Waals surface area contributed by atoms with Gasteiger partial charge in [0.15, 0.2) is 0 Å². The standard InChI is InChI=1S/C22H26N2O4S/c1-15-7-9-20-17(12-15)18-14-23(2)11-5-6-19(18)24(20)29(25,26)22-13-16(27-3)8-10-21(22)28-4/h7-10,12-13H,5-6,11,14H2,1-4H3. The molecule has 3 aromatic rings. The Morgan fingerprint density at radius 2 is 1.83 bits per heavy atom. The molecule has 0 amide bonds. The van der Waals surface area contributed by atoms with E-state index in [0.717, 1.165) is 41.7 Å². The van der Waals surface area contributed by atoms with Crippen LogP contribution < -0.4 is 9.47 Å². The zero-order valence-corrected chi connectivity index (χ0v) is 18.0. The lowest BCUT2D eigenvalue weighted by atomic mass is 10.1. The summed E-state index contributed by atoms with van der Waals surface area (Å²) in [7, 11) is 1.19. The number of methoxy groups -OCH3 is 2. The van der Waals surface area contributed by atoms with Crippen LogP contribution in [0.3, 0.4) is 0 Å². The normalized spacial score (nSPS) is 15.2. The molecule has 2 aromatic carbocycles. The molecular formula is C22H26N2O4S. The fourth-order valence-corrected chi connectivity index (χ4v) is 5.92. The maximum absolute atomic E-state index is 13.9. The van der Waals surface area contributed by atoms with Crippen LogP contribution in [0.15, 0.2) is 41.3 Å². The summed E-state index contributed by atoms with van der Waals surface area (Å²) in [6.45, 7) is 3.70. The van der Waals surface area contributed by atoms with E-state index in [9.17, 15) is 8.42 Å². The largest absolute Gasteiger partial charge is 0.497 e. The monoisotopic (exact) mass is 414 g/mol. The number of nitrogens with zero attached hydrogens (tertiary/aromatic N) is 2. The van der Waals surface area contributed by atoms with Crippen molar-refractivity contribution in [1.29, 1.82) is 0 Å². The van der Waals surface area contributed by atoms with Crippen molar-refractivity contribution in [2.45, 2.75) is 31.2 Å². The highest BCUT2D eigenvalue weighted by atomic mass is 32.2. The minimum absolute atomic E-state index is 0.109. The molecule has 0 atom stereocenters. The van der Waals surface area contributed by atoms with Crippen LogP contribution >= 0.6 is 0 Å². The maximum atomic E-state index is 13.9. The van der Waals surface area contributed by atoms with Gasteiger partial charge in [-0.15, -0.1) is 0 Å². The molecule has 29 heavy (non-hydrogen) atoms. The zero-order valence-electron chi connectivity index (χ0n) is 17.2. The Hall–Kier alpha value is -2.51. The Bertz CT molecular complexity index is 1180. The lowest BCUT2D eigenvalue weighted by molar-refractivity contribution is 0.333. The van der Waals surface area contributed by atoms with Gasteiger partial charge in [-0.2, -0.15) is 0 Å².